The molecule has 19 heavy (non-hydrogen) atoms. The van der Waals surface area contributed by atoms with Crippen molar-refractivity contribution in [1.29, 1.82) is 0 Å². The first-order valence-corrected chi connectivity index (χ1v) is 8.42. The van der Waals surface area contributed by atoms with Gasteiger partial charge in [-0.15, -0.1) is 11.3 Å². The molecule has 2 aromatic rings. The minimum atomic E-state index is -0.805. The third-order valence-corrected chi connectivity index (χ3v) is 5.74. The van der Waals surface area contributed by atoms with Crippen molar-refractivity contribution < 1.29 is 9.90 Å². The van der Waals surface area contributed by atoms with Crippen LogP contribution in [0, 0.1) is 5.92 Å². The molecular formula is C15H18O2S2. The maximum atomic E-state index is 11.3. The molecule has 1 unspecified atom stereocenters. The molecule has 2 nitrogen and oxygen atoms in total. The monoisotopic (exact) mass is 294 g/mol. The van der Waals surface area contributed by atoms with Gasteiger partial charge in [0.25, 0.3) is 0 Å². The van der Waals surface area contributed by atoms with Crippen LogP contribution in [0.15, 0.2) is 24.3 Å². The standard InChI is InChI=1S/C15H18O2S2/c1-3-10(2)8-18-9-12-11-6-4-5-7-13(11)19-14(12)15(16)17/h4-7,10H,3,8-9H2,1-2H3,(H,16,17). The van der Waals surface area contributed by atoms with Crippen molar-refractivity contribution in [2.75, 3.05) is 5.75 Å². The second-order valence-corrected chi connectivity index (χ2v) is 6.82. The first-order valence-electron chi connectivity index (χ1n) is 6.45. The Labute approximate surface area is 121 Å². The normalized spacial score (nSPS) is 12.7. The Balaban J connectivity index is 2.24. The maximum Gasteiger partial charge on any atom is 0.346 e. The predicted octanol–water partition coefficient (Wildman–Crippen LogP) is 4.88. The summed E-state index contributed by atoms with van der Waals surface area (Å²) < 4.78 is 1.07. The van der Waals surface area contributed by atoms with Gasteiger partial charge in [-0.25, -0.2) is 4.79 Å². The van der Waals surface area contributed by atoms with Gasteiger partial charge in [0.15, 0.2) is 0 Å². The van der Waals surface area contributed by atoms with Crippen LogP contribution in [0.1, 0.15) is 35.5 Å². The van der Waals surface area contributed by atoms with Gasteiger partial charge in [-0.3, -0.25) is 0 Å². The molecule has 0 aliphatic rings. The number of hydrogen-bond acceptors (Lipinski definition) is 3. The lowest BCUT2D eigenvalue weighted by atomic mass is 10.1. The van der Waals surface area contributed by atoms with Gasteiger partial charge in [0.05, 0.1) is 0 Å². The van der Waals surface area contributed by atoms with E-state index < -0.39 is 5.97 Å². The molecule has 0 saturated heterocycles. The summed E-state index contributed by atoms with van der Waals surface area (Å²) in [6, 6.07) is 7.96. The Morgan fingerprint density at radius 1 is 1.42 bits per heavy atom. The fourth-order valence-corrected chi connectivity index (χ4v) is 4.31. The summed E-state index contributed by atoms with van der Waals surface area (Å²) in [5.41, 5.74) is 0.987. The lowest BCUT2D eigenvalue weighted by Crippen LogP contribution is -1.99. The molecule has 1 heterocycles. The Kier molecular flexibility index (Phi) is 4.88. The second kappa shape index (κ2) is 6.44. The number of thiophene rings is 1. The summed E-state index contributed by atoms with van der Waals surface area (Å²) in [6.07, 6.45) is 1.17. The first-order chi connectivity index (χ1) is 9.13. The SMILES string of the molecule is CCC(C)CSCc1c(C(=O)O)sc2ccccc12. The van der Waals surface area contributed by atoms with Crippen molar-refractivity contribution in [3.05, 3.63) is 34.7 Å². The topological polar surface area (TPSA) is 37.3 Å². The van der Waals surface area contributed by atoms with E-state index in [1.165, 1.54) is 17.8 Å². The van der Waals surface area contributed by atoms with E-state index in [-0.39, 0.29) is 0 Å². The Morgan fingerprint density at radius 3 is 2.84 bits per heavy atom. The molecule has 4 heteroatoms. The van der Waals surface area contributed by atoms with E-state index in [0.29, 0.717) is 10.8 Å². The summed E-state index contributed by atoms with van der Waals surface area (Å²) in [5.74, 6) is 1.75. The van der Waals surface area contributed by atoms with Crippen LogP contribution in [0.25, 0.3) is 10.1 Å². The largest absolute Gasteiger partial charge is 0.477 e. The van der Waals surface area contributed by atoms with E-state index in [1.807, 2.05) is 36.0 Å². The molecule has 102 valence electrons. The highest BCUT2D eigenvalue weighted by Gasteiger charge is 2.17. The van der Waals surface area contributed by atoms with Crippen molar-refractivity contribution in [3.8, 4) is 0 Å². The molecule has 0 bridgehead atoms. The van der Waals surface area contributed by atoms with E-state index in [4.69, 9.17) is 0 Å². The minimum Gasteiger partial charge on any atom is -0.477 e. The minimum absolute atomic E-state index is 0.498. The van der Waals surface area contributed by atoms with Crippen LogP contribution in [0.2, 0.25) is 0 Å². The molecular weight excluding hydrogens is 276 g/mol. The van der Waals surface area contributed by atoms with Crippen LogP contribution < -0.4 is 0 Å². The van der Waals surface area contributed by atoms with Crippen LogP contribution in [0.3, 0.4) is 0 Å². The fraction of sp³-hybridized carbons (Fsp3) is 0.400. The molecule has 0 aliphatic heterocycles. The summed E-state index contributed by atoms with van der Waals surface area (Å²) in [7, 11) is 0. The molecule has 0 radical (unpaired) electrons. The Bertz CT molecular complexity index is 575. The van der Waals surface area contributed by atoms with Crippen LogP contribution in [0.4, 0.5) is 0 Å². The number of carbonyl (C=O) groups is 1. The number of benzene rings is 1. The number of carboxylic acids is 1. The second-order valence-electron chi connectivity index (χ2n) is 4.74. The molecule has 1 atom stereocenters. The van der Waals surface area contributed by atoms with Gasteiger partial charge in [-0.05, 0) is 28.7 Å². The smallest absolute Gasteiger partial charge is 0.346 e. The van der Waals surface area contributed by atoms with Crippen LogP contribution in [0.5, 0.6) is 0 Å². The molecule has 2 rings (SSSR count). The van der Waals surface area contributed by atoms with Gasteiger partial charge in [0.1, 0.15) is 4.88 Å². The van der Waals surface area contributed by atoms with Gasteiger partial charge in [-0.1, -0.05) is 38.5 Å². The summed E-state index contributed by atoms with van der Waals surface area (Å²) >= 11 is 3.22. The van der Waals surface area contributed by atoms with Crippen LogP contribution >= 0.6 is 23.1 Å². The van der Waals surface area contributed by atoms with Crippen LogP contribution in [-0.2, 0) is 5.75 Å². The molecule has 0 amide bonds. The Hall–Kier alpha value is -1.00. The number of thioether (sulfide) groups is 1. The van der Waals surface area contributed by atoms with E-state index in [2.05, 4.69) is 13.8 Å². The lowest BCUT2D eigenvalue weighted by Gasteiger charge is -2.07. The molecule has 0 aliphatic carbocycles. The van der Waals surface area contributed by atoms with Crippen molar-refractivity contribution in [1.82, 2.24) is 0 Å². The highest BCUT2D eigenvalue weighted by atomic mass is 32.2. The average Bonchev–Trinajstić information content (AvgIpc) is 2.78. The maximum absolute atomic E-state index is 11.3. The van der Waals surface area contributed by atoms with E-state index in [1.54, 1.807) is 0 Å². The number of carboxylic acid groups (broad SMARTS) is 1. The highest BCUT2D eigenvalue weighted by molar-refractivity contribution is 7.98. The first kappa shape index (κ1) is 14.4. The molecule has 0 fully saturated rings. The summed E-state index contributed by atoms with van der Waals surface area (Å²) in [5, 5.41) is 10.4. The third-order valence-electron chi connectivity index (χ3n) is 3.24. The van der Waals surface area contributed by atoms with Gasteiger partial charge in [0, 0.05) is 10.5 Å². The molecule has 1 aromatic carbocycles. The lowest BCUT2D eigenvalue weighted by molar-refractivity contribution is 0.0701. The van der Waals surface area contributed by atoms with Gasteiger partial charge < -0.3 is 5.11 Å². The molecule has 1 N–H and O–H groups in total. The zero-order valence-electron chi connectivity index (χ0n) is 11.2. The zero-order valence-corrected chi connectivity index (χ0v) is 12.8. The molecule has 0 spiro atoms. The number of fused-ring (bicyclic) bond motifs is 1. The summed E-state index contributed by atoms with van der Waals surface area (Å²) in [4.78, 5) is 11.8. The molecule has 0 saturated carbocycles. The zero-order chi connectivity index (χ0) is 13.8. The van der Waals surface area contributed by atoms with Gasteiger partial charge in [0.2, 0.25) is 0 Å². The fourth-order valence-electron chi connectivity index (χ4n) is 1.89. The van der Waals surface area contributed by atoms with Crippen molar-refractivity contribution in [3.63, 3.8) is 0 Å². The Morgan fingerprint density at radius 2 is 2.16 bits per heavy atom. The average molecular weight is 294 g/mol. The number of hydrogen-bond donors (Lipinski definition) is 1. The third kappa shape index (κ3) is 3.31. The predicted molar refractivity (Wildman–Crippen MR) is 84.4 cm³/mol. The van der Waals surface area contributed by atoms with Crippen molar-refractivity contribution in [2.24, 2.45) is 5.92 Å². The van der Waals surface area contributed by atoms with Crippen LogP contribution in [-0.4, -0.2) is 16.8 Å². The molecule has 1 aromatic heterocycles. The van der Waals surface area contributed by atoms with Crippen molar-refractivity contribution >= 4 is 39.2 Å². The van der Waals surface area contributed by atoms with E-state index in [0.717, 1.165) is 27.2 Å². The number of aromatic carboxylic acids is 1. The van der Waals surface area contributed by atoms with Crippen molar-refractivity contribution in [2.45, 2.75) is 26.0 Å². The van der Waals surface area contributed by atoms with Gasteiger partial charge in [-0.2, -0.15) is 11.8 Å². The summed E-state index contributed by atoms with van der Waals surface area (Å²) in [6.45, 7) is 4.42. The van der Waals surface area contributed by atoms with E-state index in [9.17, 15) is 9.90 Å². The quantitative estimate of drug-likeness (QED) is 0.825. The van der Waals surface area contributed by atoms with Gasteiger partial charge >= 0.3 is 5.97 Å². The number of rotatable bonds is 6. The highest BCUT2D eigenvalue weighted by Crippen LogP contribution is 2.34. The van der Waals surface area contributed by atoms with E-state index >= 15 is 0 Å².